The van der Waals surface area contributed by atoms with E-state index in [0.29, 0.717) is 17.7 Å². The molecule has 0 aromatic carbocycles. The molecule has 100 valence electrons. The van der Waals surface area contributed by atoms with Crippen LogP contribution in [0.5, 0.6) is 5.75 Å². The number of ketones is 1. The van der Waals surface area contributed by atoms with Gasteiger partial charge in [-0.1, -0.05) is 20.8 Å². The number of methoxy groups -OCH3 is 1. The zero-order chi connectivity index (χ0) is 13.8. The Bertz CT molecular complexity index is 411. The highest BCUT2D eigenvalue weighted by Crippen LogP contribution is 2.22. The van der Waals surface area contributed by atoms with Crippen molar-refractivity contribution >= 4 is 5.78 Å². The van der Waals surface area contributed by atoms with Crippen molar-refractivity contribution in [2.24, 2.45) is 11.1 Å². The number of Topliss-reactive ketones (excluding diaryl/α,β-unsaturated/α-hetero) is 1. The SMILES string of the molecule is COc1cncc(C(=O)CC(N)CC(C)(C)C)c1. The molecule has 0 aliphatic heterocycles. The van der Waals surface area contributed by atoms with E-state index in [2.05, 4.69) is 25.8 Å². The number of nitrogens with zero attached hydrogens (tertiary/aromatic N) is 1. The van der Waals surface area contributed by atoms with Gasteiger partial charge >= 0.3 is 0 Å². The van der Waals surface area contributed by atoms with Gasteiger partial charge in [0.15, 0.2) is 5.78 Å². The van der Waals surface area contributed by atoms with Gasteiger partial charge in [0, 0.05) is 24.2 Å². The number of rotatable bonds is 5. The first kappa shape index (κ1) is 14.6. The number of hydrogen-bond acceptors (Lipinski definition) is 4. The molecular formula is C14H22N2O2. The Balaban J connectivity index is 2.64. The van der Waals surface area contributed by atoms with Crippen molar-refractivity contribution in [1.29, 1.82) is 0 Å². The van der Waals surface area contributed by atoms with Gasteiger partial charge in [-0.05, 0) is 17.9 Å². The first-order chi connectivity index (χ1) is 8.31. The third-order valence-corrected chi connectivity index (χ3v) is 2.59. The summed E-state index contributed by atoms with van der Waals surface area (Å²) < 4.78 is 5.04. The average molecular weight is 250 g/mol. The van der Waals surface area contributed by atoms with E-state index in [0.717, 1.165) is 6.42 Å². The summed E-state index contributed by atoms with van der Waals surface area (Å²) in [6.45, 7) is 6.35. The highest BCUT2D eigenvalue weighted by atomic mass is 16.5. The van der Waals surface area contributed by atoms with Gasteiger partial charge in [0.1, 0.15) is 5.75 Å². The van der Waals surface area contributed by atoms with Crippen molar-refractivity contribution in [3.8, 4) is 5.75 Å². The van der Waals surface area contributed by atoms with Gasteiger partial charge in [0.05, 0.1) is 13.3 Å². The van der Waals surface area contributed by atoms with Gasteiger partial charge in [-0.2, -0.15) is 0 Å². The normalized spacial score (nSPS) is 13.2. The van der Waals surface area contributed by atoms with Gasteiger partial charge in [-0.15, -0.1) is 0 Å². The van der Waals surface area contributed by atoms with Crippen LogP contribution >= 0.6 is 0 Å². The molecule has 1 aromatic rings. The zero-order valence-corrected chi connectivity index (χ0v) is 11.6. The summed E-state index contributed by atoms with van der Waals surface area (Å²) in [5, 5.41) is 0. The molecule has 4 heteroatoms. The largest absolute Gasteiger partial charge is 0.495 e. The smallest absolute Gasteiger partial charge is 0.166 e. The van der Waals surface area contributed by atoms with Crippen molar-refractivity contribution in [3.63, 3.8) is 0 Å². The third-order valence-electron chi connectivity index (χ3n) is 2.59. The molecule has 1 aromatic heterocycles. The number of carbonyl (C=O) groups is 1. The second kappa shape index (κ2) is 5.96. The van der Waals surface area contributed by atoms with Crippen LogP contribution in [0.25, 0.3) is 0 Å². The van der Waals surface area contributed by atoms with Gasteiger partial charge in [-0.3, -0.25) is 9.78 Å². The molecule has 4 nitrogen and oxygen atoms in total. The first-order valence-electron chi connectivity index (χ1n) is 6.09. The van der Waals surface area contributed by atoms with E-state index in [4.69, 9.17) is 10.5 Å². The van der Waals surface area contributed by atoms with Crippen LogP contribution in [0.15, 0.2) is 18.5 Å². The highest BCUT2D eigenvalue weighted by Gasteiger charge is 2.19. The Hall–Kier alpha value is -1.42. The number of hydrogen-bond donors (Lipinski definition) is 1. The topological polar surface area (TPSA) is 65.2 Å². The van der Waals surface area contributed by atoms with Crippen molar-refractivity contribution in [2.45, 2.75) is 39.7 Å². The number of nitrogens with two attached hydrogens (primary N) is 1. The Morgan fingerprint density at radius 1 is 1.44 bits per heavy atom. The van der Waals surface area contributed by atoms with Crippen LogP contribution in [-0.4, -0.2) is 23.9 Å². The monoisotopic (exact) mass is 250 g/mol. The molecule has 1 unspecified atom stereocenters. The van der Waals surface area contributed by atoms with Crippen LogP contribution in [0.1, 0.15) is 44.0 Å². The predicted octanol–water partition coefficient (Wildman–Crippen LogP) is 2.43. The molecule has 2 N–H and O–H groups in total. The van der Waals surface area contributed by atoms with E-state index in [9.17, 15) is 4.79 Å². The molecule has 0 radical (unpaired) electrons. The fourth-order valence-electron chi connectivity index (χ4n) is 1.90. The fourth-order valence-corrected chi connectivity index (χ4v) is 1.90. The second-order valence-corrected chi connectivity index (χ2v) is 5.77. The maximum Gasteiger partial charge on any atom is 0.166 e. The van der Waals surface area contributed by atoms with Crippen LogP contribution in [0.3, 0.4) is 0 Å². The van der Waals surface area contributed by atoms with Crippen LogP contribution in [0.4, 0.5) is 0 Å². The molecule has 0 aliphatic rings. The van der Waals surface area contributed by atoms with Crippen molar-refractivity contribution in [2.75, 3.05) is 7.11 Å². The molecule has 1 atom stereocenters. The van der Waals surface area contributed by atoms with Gasteiger partial charge in [0.2, 0.25) is 0 Å². The first-order valence-corrected chi connectivity index (χ1v) is 6.09. The summed E-state index contributed by atoms with van der Waals surface area (Å²) in [7, 11) is 1.55. The fraction of sp³-hybridized carbons (Fsp3) is 0.571. The van der Waals surface area contributed by atoms with Crippen LogP contribution in [-0.2, 0) is 0 Å². The lowest BCUT2D eigenvalue weighted by Crippen LogP contribution is -2.29. The quantitative estimate of drug-likeness (QED) is 0.815. The predicted molar refractivity (Wildman–Crippen MR) is 71.8 cm³/mol. The minimum absolute atomic E-state index is 0.0122. The van der Waals surface area contributed by atoms with Gasteiger partial charge in [-0.25, -0.2) is 0 Å². The van der Waals surface area contributed by atoms with Crippen LogP contribution < -0.4 is 10.5 Å². The lowest BCUT2D eigenvalue weighted by atomic mass is 9.86. The Kier molecular flexibility index (Phi) is 4.84. The van der Waals surface area contributed by atoms with E-state index in [1.54, 1.807) is 25.6 Å². The number of carbonyl (C=O) groups excluding carboxylic acids is 1. The standard InChI is InChI=1S/C14H22N2O2/c1-14(2,3)7-11(15)6-13(17)10-5-12(18-4)9-16-8-10/h5,8-9,11H,6-7,15H2,1-4H3. The summed E-state index contributed by atoms with van der Waals surface area (Å²) in [4.78, 5) is 16.0. The summed E-state index contributed by atoms with van der Waals surface area (Å²) in [6, 6.07) is 1.57. The lowest BCUT2D eigenvalue weighted by Gasteiger charge is -2.22. The number of aromatic nitrogens is 1. The molecule has 0 bridgehead atoms. The highest BCUT2D eigenvalue weighted by molar-refractivity contribution is 5.96. The van der Waals surface area contributed by atoms with E-state index in [-0.39, 0.29) is 17.2 Å². The zero-order valence-electron chi connectivity index (χ0n) is 11.6. The van der Waals surface area contributed by atoms with Crippen LogP contribution in [0, 0.1) is 5.41 Å². The molecule has 18 heavy (non-hydrogen) atoms. The molecule has 0 saturated heterocycles. The molecular weight excluding hydrogens is 228 g/mol. The van der Waals surface area contributed by atoms with E-state index < -0.39 is 0 Å². The lowest BCUT2D eigenvalue weighted by molar-refractivity contribution is 0.0967. The minimum atomic E-state index is -0.122. The maximum atomic E-state index is 12.0. The molecule has 0 aliphatic carbocycles. The molecule has 1 rings (SSSR count). The Morgan fingerprint density at radius 2 is 2.11 bits per heavy atom. The van der Waals surface area contributed by atoms with E-state index >= 15 is 0 Å². The Morgan fingerprint density at radius 3 is 2.67 bits per heavy atom. The van der Waals surface area contributed by atoms with Gasteiger partial charge < -0.3 is 10.5 Å². The maximum absolute atomic E-state index is 12.0. The van der Waals surface area contributed by atoms with Crippen molar-refractivity contribution in [3.05, 3.63) is 24.0 Å². The van der Waals surface area contributed by atoms with Crippen LogP contribution in [0.2, 0.25) is 0 Å². The molecule has 1 heterocycles. The van der Waals surface area contributed by atoms with Crippen molar-refractivity contribution < 1.29 is 9.53 Å². The molecule has 0 saturated carbocycles. The second-order valence-electron chi connectivity index (χ2n) is 5.77. The van der Waals surface area contributed by atoms with E-state index in [1.165, 1.54) is 0 Å². The summed E-state index contributed by atoms with van der Waals surface area (Å²) in [5.41, 5.74) is 6.68. The number of pyridine rings is 1. The average Bonchev–Trinajstić information content (AvgIpc) is 2.26. The summed E-state index contributed by atoms with van der Waals surface area (Å²) >= 11 is 0. The molecule has 0 spiro atoms. The third kappa shape index (κ3) is 4.84. The molecule has 0 amide bonds. The summed E-state index contributed by atoms with van der Waals surface area (Å²) in [5.74, 6) is 0.600. The van der Waals surface area contributed by atoms with E-state index in [1.807, 2.05) is 0 Å². The number of ether oxygens (including phenoxy) is 1. The van der Waals surface area contributed by atoms with Crippen molar-refractivity contribution in [1.82, 2.24) is 4.98 Å². The minimum Gasteiger partial charge on any atom is -0.495 e. The Labute approximate surface area is 109 Å². The van der Waals surface area contributed by atoms with Gasteiger partial charge in [0.25, 0.3) is 0 Å². The molecule has 0 fully saturated rings. The summed E-state index contributed by atoms with van der Waals surface area (Å²) in [6.07, 6.45) is 4.28.